The molecule has 0 bridgehead atoms. The number of para-hydroxylation sites is 1. The number of rotatable bonds is 12. The Morgan fingerprint density at radius 3 is 2.74 bits per heavy atom. The van der Waals surface area contributed by atoms with E-state index in [-0.39, 0.29) is 5.91 Å². The number of aryl methyl sites for hydroxylation is 2. The van der Waals surface area contributed by atoms with Crippen molar-refractivity contribution in [3.63, 3.8) is 0 Å². The van der Waals surface area contributed by atoms with Crippen LogP contribution in [-0.2, 0) is 6.54 Å². The van der Waals surface area contributed by atoms with Gasteiger partial charge >= 0.3 is 0 Å². The van der Waals surface area contributed by atoms with E-state index in [1.54, 1.807) is 12.3 Å². The Balaban J connectivity index is 1.22. The van der Waals surface area contributed by atoms with Crippen molar-refractivity contribution >= 4 is 51.3 Å². The van der Waals surface area contributed by atoms with Crippen molar-refractivity contribution in [2.75, 3.05) is 22.5 Å². The Hall–Kier alpha value is -3.43. The monoisotopic (exact) mass is 509 g/mol. The summed E-state index contributed by atoms with van der Waals surface area (Å²) in [6.07, 6.45) is 11.8. The van der Waals surface area contributed by atoms with Crippen LogP contribution in [0.3, 0.4) is 0 Å². The standard InChI is InChI=1S/C25H28ClN7OS/c1-18-8-6-9-19(26)23(18)32-24(34)20-16-29-25(35-20)31-22-11-7-10-21(30-22)28-12-4-2-3-5-14-33-15-13-27-17-33/h6-11,13,15-17H,2-5,12,14H2,1H3,(H,32,34)(H2,28,29,30,31). The van der Waals surface area contributed by atoms with E-state index in [9.17, 15) is 4.79 Å². The van der Waals surface area contributed by atoms with Gasteiger partial charge in [-0.3, -0.25) is 4.79 Å². The van der Waals surface area contributed by atoms with Gasteiger partial charge in [0.05, 0.1) is 23.2 Å². The smallest absolute Gasteiger partial charge is 0.267 e. The largest absolute Gasteiger partial charge is 0.370 e. The number of hydrogen-bond acceptors (Lipinski definition) is 7. The first kappa shape index (κ1) is 24.7. The molecular weight excluding hydrogens is 482 g/mol. The molecule has 1 aromatic carbocycles. The average Bonchev–Trinajstić information content (AvgIpc) is 3.54. The minimum absolute atomic E-state index is 0.250. The molecule has 3 heterocycles. The fourth-order valence-electron chi connectivity index (χ4n) is 3.52. The predicted octanol–water partition coefficient (Wildman–Crippen LogP) is 6.36. The average molecular weight is 510 g/mol. The number of thiazole rings is 1. The maximum Gasteiger partial charge on any atom is 0.267 e. The van der Waals surface area contributed by atoms with E-state index in [1.165, 1.54) is 17.8 Å². The summed E-state index contributed by atoms with van der Waals surface area (Å²) in [5.74, 6) is 1.22. The number of carbonyl (C=O) groups excluding carboxylic acids is 1. The van der Waals surface area contributed by atoms with Gasteiger partial charge in [0.25, 0.3) is 5.91 Å². The number of benzene rings is 1. The third kappa shape index (κ3) is 7.27. The normalized spacial score (nSPS) is 10.8. The third-order valence-corrected chi connectivity index (χ3v) is 6.61. The second-order valence-corrected chi connectivity index (χ2v) is 9.53. The Morgan fingerprint density at radius 2 is 1.91 bits per heavy atom. The Morgan fingerprint density at radius 1 is 1.09 bits per heavy atom. The number of nitrogens with one attached hydrogen (secondary N) is 3. The molecule has 0 atom stereocenters. The van der Waals surface area contributed by atoms with E-state index in [4.69, 9.17) is 11.6 Å². The number of unbranched alkanes of at least 4 members (excludes halogenated alkanes) is 3. The minimum atomic E-state index is -0.250. The molecule has 0 aliphatic heterocycles. The lowest BCUT2D eigenvalue weighted by atomic mass is 10.2. The summed E-state index contributed by atoms with van der Waals surface area (Å²) in [4.78, 5) is 26.1. The van der Waals surface area contributed by atoms with Crippen molar-refractivity contribution in [1.82, 2.24) is 19.5 Å². The molecule has 1 amide bonds. The molecule has 4 rings (SSSR count). The van der Waals surface area contributed by atoms with Gasteiger partial charge in [0.15, 0.2) is 5.13 Å². The van der Waals surface area contributed by atoms with Crippen LogP contribution in [-0.4, -0.2) is 32.0 Å². The van der Waals surface area contributed by atoms with Gasteiger partial charge < -0.3 is 20.5 Å². The maximum atomic E-state index is 12.7. The SMILES string of the molecule is Cc1cccc(Cl)c1NC(=O)c1cnc(Nc2cccc(NCCCCCCn3ccnc3)n2)s1. The molecule has 35 heavy (non-hydrogen) atoms. The Labute approximate surface area is 213 Å². The molecule has 0 saturated heterocycles. The van der Waals surface area contributed by atoms with Crippen molar-refractivity contribution in [2.45, 2.75) is 39.2 Å². The van der Waals surface area contributed by atoms with Gasteiger partial charge in [-0.2, -0.15) is 0 Å². The Bertz CT molecular complexity index is 1220. The van der Waals surface area contributed by atoms with Crippen LogP contribution in [0.15, 0.2) is 61.3 Å². The number of hydrogen-bond donors (Lipinski definition) is 3. The quantitative estimate of drug-likeness (QED) is 0.192. The molecule has 3 N–H and O–H groups in total. The fourth-order valence-corrected chi connectivity index (χ4v) is 4.51. The first-order valence-corrected chi connectivity index (χ1v) is 12.7. The summed E-state index contributed by atoms with van der Waals surface area (Å²) in [6, 6.07) is 11.2. The lowest BCUT2D eigenvalue weighted by Crippen LogP contribution is -2.11. The van der Waals surface area contributed by atoms with Crippen LogP contribution in [0, 0.1) is 6.92 Å². The van der Waals surface area contributed by atoms with E-state index in [2.05, 4.69) is 35.5 Å². The number of amides is 1. The third-order valence-electron chi connectivity index (χ3n) is 5.38. The number of nitrogens with zero attached hydrogens (tertiary/aromatic N) is 4. The number of imidazole rings is 1. The second kappa shape index (κ2) is 12.3. The lowest BCUT2D eigenvalue weighted by molar-refractivity contribution is 0.103. The highest BCUT2D eigenvalue weighted by Gasteiger charge is 2.14. The number of aromatic nitrogens is 4. The van der Waals surface area contributed by atoms with Crippen LogP contribution < -0.4 is 16.0 Å². The fraction of sp³-hybridized carbons (Fsp3) is 0.280. The van der Waals surface area contributed by atoms with Crippen LogP contribution in [0.25, 0.3) is 0 Å². The highest BCUT2D eigenvalue weighted by Crippen LogP contribution is 2.28. The van der Waals surface area contributed by atoms with Gasteiger partial charge in [-0.05, 0) is 43.5 Å². The predicted molar refractivity (Wildman–Crippen MR) is 143 cm³/mol. The van der Waals surface area contributed by atoms with Crippen LogP contribution >= 0.6 is 22.9 Å². The lowest BCUT2D eigenvalue weighted by Gasteiger charge is -2.09. The van der Waals surface area contributed by atoms with E-state index in [1.807, 2.05) is 56.0 Å². The molecule has 4 aromatic rings. The molecule has 8 nitrogen and oxygen atoms in total. The van der Waals surface area contributed by atoms with E-state index in [0.29, 0.717) is 26.5 Å². The molecule has 0 unspecified atom stereocenters. The summed E-state index contributed by atoms with van der Waals surface area (Å²) in [7, 11) is 0. The Kier molecular flexibility index (Phi) is 8.69. The van der Waals surface area contributed by atoms with Gasteiger partial charge in [0.1, 0.15) is 16.5 Å². The molecule has 0 saturated carbocycles. The molecular formula is C25H28ClN7OS. The summed E-state index contributed by atoms with van der Waals surface area (Å²) >= 11 is 7.48. The molecule has 0 aliphatic rings. The summed E-state index contributed by atoms with van der Waals surface area (Å²) in [5, 5.41) is 10.5. The highest BCUT2D eigenvalue weighted by atomic mass is 35.5. The van der Waals surface area contributed by atoms with Gasteiger partial charge in [0, 0.05) is 25.5 Å². The maximum absolute atomic E-state index is 12.7. The summed E-state index contributed by atoms with van der Waals surface area (Å²) < 4.78 is 2.11. The van der Waals surface area contributed by atoms with Crippen LogP contribution in [0.4, 0.5) is 22.5 Å². The first-order chi connectivity index (χ1) is 17.1. The highest BCUT2D eigenvalue weighted by molar-refractivity contribution is 7.17. The zero-order valence-electron chi connectivity index (χ0n) is 19.5. The second-order valence-electron chi connectivity index (χ2n) is 8.09. The number of halogens is 1. The topological polar surface area (TPSA) is 96.8 Å². The van der Waals surface area contributed by atoms with Gasteiger partial charge in [-0.25, -0.2) is 15.0 Å². The van der Waals surface area contributed by atoms with Crippen LogP contribution in [0.1, 0.15) is 40.9 Å². The van der Waals surface area contributed by atoms with Crippen molar-refractivity contribution in [1.29, 1.82) is 0 Å². The van der Waals surface area contributed by atoms with E-state index in [0.717, 1.165) is 43.7 Å². The van der Waals surface area contributed by atoms with Gasteiger partial charge in [-0.15, -0.1) is 0 Å². The number of anilines is 4. The van der Waals surface area contributed by atoms with Gasteiger partial charge in [0.2, 0.25) is 0 Å². The van der Waals surface area contributed by atoms with Crippen molar-refractivity contribution < 1.29 is 4.79 Å². The zero-order valence-corrected chi connectivity index (χ0v) is 21.1. The van der Waals surface area contributed by atoms with Crippen molar-refractivity contribution in [3.8, 4) is 0 Å². The molecule has 3 aromatic heterocycles. The summed E-state index contributed by atoms with van der Waals surface area (Å²) in [5.41, 5.74) is 1.51. The van der Waals surface area contributed by atoms with Crippen molar-refractivity contribution in [3.05, 3.63) is 76.8 Å². The molecule has 0 fully saturated rings. The van der Waals surface area contributed by atoms with E-state index < -0.39 is 0 Å². The van der Waals surface area contributed by atoms with Crippen LogP contribution in [0.5, 0.6) is 0 Å². The zero-order chi connectivity index (χ0) is 24.5. The summed E-state index contributed by atoms with van der Waals surface area (Å²) in [6.45, 7) is 3.78. The molecule has 0 spiro atoms. The molecule has 10 heteroatoms. The minimum Gasteiger partial charge on any atom is -0.370 e. The number of pyridine rings is 1. The molecule has 0 aliphatic carbocycles. The molecule has 182 valence electrons. The number of carbonyl (C=O) groups is 1. The van der Waals surface area contributed by atoms with Crippen LogP contribution in [0.2, 0.25) is 5.02 Å². The van der Waals surface area contributed by atoms with Gasteiger partial charge in [-0.1, -0.05) is 54.0 Å². The first-order valence-electron chi connectivity index (χ1n) is 11.5. The van der Waals surface area contributed by atoms with Crippen molar-refractivity contribution in [2.24, 2.45) is 0 Å². The van der Waals surface area contributed by atoms with E-state index >= 15 is 0 Å². The molecule has 0 radical (unpaired) electrons.